The fraction of sp³-hybridized carbons (Fsp3) is 0.462. The lowest BCUT2D eigenvalue weighted by atomic mass is 9.87. The van der Waals surface area contributed by atoms with E-state index < -0.39 is 60.2 Å². The zero-order valence-electron chi connectivity index (χ0n) is 21.2. The highest BCUT2D eigenvalue weighted by Crippen LogP contribution is 2.75. The van der Waals surface area contributed by atoms with Gasteiger partial charge < -0.3 is 20.7 Å². The minimum absolute atomic E-state index is 0.00724. The second-order valence-corrected chi connectivity index (χ2v) is 11.2. The van der Waals surface area contributed by atoms with E-state index >= 15 is 8.78 Å². The maximum absolute atomic E-state index is 15.3. The molecule has 41 heavy (non-hydrogen) atoms. The van der Waals surface area contributed by atoms with Crippen LogP contribution in [0.1, 0.15) is 29.7 Å². The first-order chi connectivity index (χ1) is 19.3. The molecule has 218 valence electrons. The quantitative estimate of drug-likeness (QED) is 0.390. The number of benzene rings is 1. The molecule has 15 heteroatoms. The Morgan fingerprint density at radius 2 is 2.00 bits per heavy atom. The summed E-state index contributed by atoms with van der Waals surface area (Å²) in [5.74, 6) is -4.50. The van der Waals surface area contributed by atoms with Crippen molar-refractivity contribution in [1.82, 2.24) is 24.8 Å². The fourth-order valence-corrected chi connectivity index (χ4v) is 6.57. The van der Waals surface area contributed by atoms with E-state index in [9.17, 15) is 22.8 Å². The SMILES string of the molecule is NC(=O)OC(Cc1ccccc1)C1CC2C(F)(F)C2(c2cn3nc(Cl)c(CN4C[C@@H](C(F)(F)F)NC4=O)cc3n2)C1. The minimum atomic E-state index is -4.61. The molecule has 0 radical (unpaired) electrons. The molecule has 2 saturated carbocycles. The molecule has 3 aliphatic rings. The number of ether oxygens (including phenoxy) is 1. The number of fused-ring (bicyclic) bond motifs is 2. The third kappa shape index (κ3) is 4.61. The van der Waals surface area contributed by atoms with E-state index in [4.69, 9.17) is 22.1 Å². The molecule has 0 bridgehead atoms. The maximum atomic E-state index is 15.3. The molecular formula is C26H24ClF5N6O3. The van der Waals surface area contributed by atoms with Crippen molar-refractivity contribution < 1.29 is 36.3 Å². The van der Waals surface area contributed by atoms with Crippen LogP contribution in [0.3, 0.4) is 0 Å². The molecule has 5 atom stereocenters. The first-order valence-corrected chi connectivity index (χ1v) is 13.2. The molecule has 1 aromatic carbocycles. The van der Waals surface area contributed by atoms with Gasteiger partial charge in [-0.1, -0.05) is 41.9 Å². The van der Waals surface area contributed by atoms with E-state index in [1.807, 2.05) is 35.6 Å². The van der Waals surface area contributed by atoms with Crippen molar-refractivity contribution in [1.29, 1.82) is 0 Å². The molecule has 3 aromatic rings. The highest BCUT2D eigenvalue weighted by molar-refractivity contribution is 6.30. The summed E-state index contributed by atoms with van der Waals surface area (Å²) in [7, 11) is 0. The molecule has 2 aliphatic carbocycles. The number of carbonyl (C=O) groups is 2. The van der Waals surface area contributed by atoms with Crippen LogP contribution in [0.2, 0.25) is 5.15 Å². The second kappa shape index (κ2) is 9.43. The third-order valence-electron chi connectivity index (χ3n) is 8.42. The van der Waals surface area contributed by atoms with Gasteiger partial charge in [0.25, 0.3) is 5.92 Å². The van der Waals surface area contributed by atoms with Crippen molar-refractivity contribution in [2.45, 2.75) is 55.5 Å². The number of aromatic nitrogens is 3. The van der Waals surface area contributed by atoms with Gasteiger partial charge in [-0.15, -0.1) is 0 Å². The number of nitrogens with one attached hydrogen (secondary N) is 1. The van der Waals surface area contributed by atoms with E-state index in [0.29, 0.717) is 6.42 Å². The van der Waals surface area contributed by atoms with Gasteiger partial charge in [-0.05, 0) is 30.4 Å². The van der Waals surface area contributed by atoms with Crippen LogP contribution in [0.5, 0.6) is 0 Å². The highest BCUT2D eigenvalue weighted by Gasteiger charge is 2.85. The van der Waals surface area contributed by atoms with Crippen LogP contribution in [0.25, 0.3) is 5.65 Å². The Bertz CT molecular complexity index is 1520. The van der Waals surface area contributed by atoms with Crippen molar-refractivity contribution in [2.75, 3.05) is 6.54 Å². The van der Waals surface area contributed by atoms with Crippen molar-refractivity contribution in [3.63, 3.8) is 0 Å². The Balaban J connectivity index is 1.25. The van der Waals surface area contributed by atoms with Crippen LogP contribution < -0.4 is 11.1 Å². The fourth-order valence-electron chi connectivity index (χ4n) is 6.38. The van der Waals surface area contributed by atoms with E-state index in [0.717, 1.165) is 10.5 Å². The number of primary amides is 1. The van der Waals surface area contributed by atoms with E-state index in [2.05, 4.69) is 10.1 Å². The molecule has 3 amide bonds. The zero-order chi connectivity index (χ0) is 29.3. The normalized spacial score (nSPS) is 27.5. The Labute approximate surface area is 234 Å². The largest absolute Gasteiger partial charge is 0.446 e. The van der Waals surface area contributed by atoms with Gasteiger partial charge in [0.15, 0.2) is 10.8 Å². The summed E-state index contributed by atoms with van der Waals surface area (Å²) < 4.78 is 76.3. The summed E-state index contributed by atoms with van der Waals surface area (Å²) in [6.45, 7) is -0.889. The van der Waals surface area contributed by atoms with Crippen molar-refractivity contribution in [2.24, 2.45) is 17.6 Å². The number of nitrogens with zero attached hydrogens (tertiary/aromatic N) is 4. The molecular weight excluding hydrogens is 575 g/mol. The molecule has 4 unspecified atom stereocenters. The van der Waals surface area contributed by atoms with Crippen LogP contribution in [-0.2, 0) is 23.1 Å². The summed E-state index contributed by atoms with van der Waals surface area (Å²) in [5, 5.41) is 5.93. The van der Waals surface area contributed by atoms with Crippen LogP contribution in [0.15, 0.2) is 42.6 Å². The Hall–Kier alpha value is -3.68. The molecule has 6 rings (SSSR count). The van der Waals surface area contributed by atoms with Crippen LogP contribution in [0, 0.1) is 11.8 Å². The van der Waals surface area contributed by atoms with Crippen molar-refractivity contribution in [3.05, 3.63) is 64.6 Å². The van der Waals surface area contributed by atoms with Gasteiger partial charge in [0.05, 0.1) is 30.4 Å². The van der Waals surface area contributed by atoms with E-state index in [1.54, 1.807) is 0 Å². The summed E-state index contributed by atoms with van der Waals surface area (Å²) in [5.41, 5.74) is 5.02. The number of halogens is 6. The van der Waals surface area contributed by atoms with Gasteiger partial charge in [0.2, 0.25) is 0 Å². The summed E-state index contributed by atoms with van der Waals surface area (Å²) in [6, 6.07) is 7.67. The molecule has 9 nitrogen and oxygen atoms in total. The van der Waals surface area contributed by atoms with Crippen LogP contribution in [0.4, 0.5) is 31.5 Å². The van der Waals surface area contributed by atoms with Gasteiger partial charge in [0.1, 0.15) is 12.1 Å². The third-order valence-corrected chi connectivity index (χ3v) is 8.74. The first kappa shape index (κ1) is 27.5. The zero-order valence-corrected chi connectivity index (χ0v) is 22.0. The number of hydrogen-bond acceptors (Lipinski definition) is 5. The molecule has 2 aromatic heterocycles. The van der Waals surface area contributed by atoms with Gasteiger partial charge in [0, 0.05) is 17.9 Å². The molecule has 3 fully saturated rings. The van der Waals surface area contributed by atoms with Crippen LogP contribution >= 0.6 is 11.6 Å². The lowest BCUT2D eigenvalue weighted by Crippen LogP contribution is -2.40. The number of rotatable bonds is 7. The smallest absolute Gasteiger partial charge is 0.410 e. The number of alkyl halides is 5. The van der Waals surface area contributed by atoms with Gasteiger partial charge in [-0.25, -0.2) is 27.9 Å². The number of nitrogens with two attached hydrogens (primary N) is 1. The molecule has 3 heterocycles. The Morgan fingerprint density at radius 1 is 1.27 bits per heavy atom. The molecule has 1 aliphatic heterocycles. The highest BCUT2D eigenvalue weighted by atomic mass is 35.5. The average Bonchev–Trinajstić information content (AvgIpc) is 3.42. The predicted octanol–water partition coefficient (Wildman–Crippen LogP) is 4.46. The number of imidazole rings is 1. The minimum Gasteiger partial charge on any atom is -0.446 e. The maximum Gasteiger partial charge on any atom is 0.410 e. The van der Waals surface area contributed by atoms with E-state index in [-0.39, 0.29) is 41.4 Å². The van der Waals surface area contributed by atoms with Crippen LogP contribution in [-0.4, -0.2) is 62.4 Å². The van der Waals surface area contributed by atoms with Gasteiger partial charge in [-0.3, -0.25) is 0 Å². The topological polar surface area (TPSA) is 115 Å². The van der Waals surface area contributed by atoms with E-state index in [1.165, 1.54) is 16.8 Å². The monoisotopic (exact) mass is 598 g/mol. The number of carbonyl (C=O) groups excluding carboxylic acids is 2. The summed E-state index contributed by atoms with van der Waals surface area (Å²) in [4.78, 5) is 29.1. The lowest BCUT2D eigenvalue weighted by Gasteiger charge is -2.26. The number of urea groups is 1. The van der Waals surface area contributed by atoms with Gasteiger partial charge >= 0.3 is 18.3 Å². The Morgan fingerprint density at radius 3 is 2.66 bits per heavy atom. The molecule has 1 saturated heterocycles. The summed E-state index contributed by atoms with van der Waals surface area (Å²) in [6.07, 6.45) is -4.54. The Kier molecular flexibility index (Phi) is 6.32. The first-order valence-electron chi connectivity index (χ1n) is 12.8. The molecule has 0 spiro atoms. The van der Waals surface area contributed by atoms with Gasteiger partial charge in [-0.2, -0.15) is 18.3 Å². The average molecular weight is 599 g/mol. The lowest BCUT2D eigenvalue weighted by molar-refractivity contribution is -0.149. The summed E-state index contributed by atoms with van der Waals surface area (Å²) >= 11 is 6.27. The molecule has 3 N–H and O–H groups in total. The second-order valence-electron chi connectivity index (χ2n) is 10.8. The van der Waals surface area contributed by atoms with Crippen molar-refractivity contribution in [3.8, 4) is 0 Å². The predicted molar refractivity (Wildman–Crippen MR) is 134 cm³/mol. The number of hydrogen-bond donors (Lipinski definition) is 2. The van der Waals surface area contributed by atoms with Crippen molar-refractivity contribution >= 4 is 29.4 Å². The standard InChI is InChI=1S/C26H24ClF5N6O3/c27-21-15(10-37-11-19(26(30,31)32)35-23(37)40)8-20-34-18(12-38(20)36-21)24-9-14(7-17(24)25(24,28)29)16(41-22(33)39)6-13-4-2-1-3-5-13/h1-5,8,12,14,16-17,19H,6-7,9-11H2,(H2,33,39)(H,35,40)/t14?,16?,17?,19-,24?/m0/s1. The number of amides is 3.